The Morgan fingerprint density at radius 1 is 1.00 bits per heavy atom. The van der Waals surface area contributed by atoms with Gasteiger partial charge in [0.15, 0.2) is 0 Å². The number of benzene rings is 2. The maximum absolute atomic E-state index is 13.8. The van der Waals surface area contributed by atoms with Crippen LogP contribution in [0.1, 0.15) is 55.6 Å². The molecule has 0 saturated carbocycles. The molecule has 6 heteroatoms. The van der Waals surface area contributed by atoms with E-state index in [4.69, 9.17) is 0 Å². The van der Waals surface area contributed by atoms with Gasteiger partial charge >= 0.3 is 0 Å². The first kappa shape index (κ1) is 23.8. The predicted octanol–water partition coefficient (Wildman–Crippen LogP) is 5.39. The molecule has 5 nitrogen and oxygen atoms in total. The van der Waals surface area contributed by atoms with Gasteiger partial charge in [-0.05, 0) is 54.9 Å². The van der Waals surface area contributed by atoms with Crippen molar-refractivity contribution < 1.29 is 9.59 Å². The molecule has 2 heterocycles. The summed E-state index contributed by atoms with van der Waals surface area (Å²) in [6.45, 7) is 8.24. The van der Waals surface area contributed by atoms with E-state index in [0.717, 1.165) is 55.6 Å². The molecule has 1 aliphatic heterocycles. The van der Waals surface area contributed by atoms with Crippen LogP contribution in [0, 0.1) is 12.8 Å². The Morgan fingerprint density at radius 3 is 2.46 bits per heavy atom. The highest BCUT2D eigenvalue weighted by Gasteiger charge is 2.32. The highest BCUT2D eigenvalue weighted by molar-refractivity contribution is 7.17. The Labute approximate surface area is 211 Å². The van der Waals surface area contributed by atoms with Crippen LogP contribution in [0.2, 0.25) is 0 Å². The average Bonchev–Trinajstić information content (AvgIpc) is 3.21. The van der Waals surface area contributed by atoms with E-state index in [2.05, 4.69) is 41.4 Å². The number of carbonyl (C=O) groups is 2. The molecule has 2 aromatic carbocycles. The zero-order chi connectivity index (χ0) is 24.4. The van der Waals surface area contributed by atoms with Crippen LogP contribution in [0.15, 0.2) is 54.6 Å². The third kappa shape index (κ3) is 5.19. The Morgan fingerprint density at radius 2 is 1.71 bits per heavy atom. The first-order chi connectivity index (χ1) is 17.0. The molecule has 3 aromatic rings. The molecule has 0 spiro atoms. The molecule has 1 aliphatic carbocycles. The lowest BCUT2D eigenvalue weighted by molar-refractivity contribution is 0.0628. The normalized spacial score (nSPS) is 18.2. The second kappa shape index (κ2) is 10.3. The molecular formula is C29H33N3O2S. The Kier molecular flexibility index (Phi) is 7.02. The minimum atomic E-state index is -0.142. The number of nitrogens with zero attached hydrogens (tertiary/aromatic N) is 2. The number of hydrogen-bond acceptors (Lipinski definition) is 4. The number of fused-ring (bicyclic) bond motifs is 1. The van der Waals surface area contributed by atoms with E-state index in [1.165, 1.54) is 10.4 Å². The number of aryl methyl sites for hydroxylation is 1. The van der Waals surface area contributed by atoms with Gasteiger partial charge in [0.2, 0.25) is 0 Å². The quantitative estimate of drug-likeness (QED) is 0.525. The lowest BCUT2D eigenvalue weighted by atomic mass is 9.88. The van der Waals surface area contributed by atoms with Crippen molar-refractivity contribution in [2.75, 3.05) is 31.5 Å². The van der Waals surface area contributed by atoms with Gasteiger partial charge in [-0.15, -0.1) is 11.3 Å². The zero-order valence-electron chi connectivity index (χ0n) is 20.5. The summed E-state index contributed by atoms with van der Waals surface area (Å²) in [5.74, 6) is 0.526. The van der Waals surface area contributed by atoms with Gasteiger partial charge in [-0.1, -0.05) is 55.5 Å². The topological polar surface area (TPSA) is 52.7 Å². The molecule has 1 atom stereocenters. The fourth-order valence-electron chi connectivity index (χ4n) is 5.17. The van der Waals surface area contributed by atoms with Crippen molar-refractivity contribution in [1.29, 1.82) is 0 Å². The molecule has 2 amide bonds. The summed E-state index contributed by atoms with van der Waals surface area (Å²) in [6.07, 6.45) is 2.97. The summed E-state index contributed by atoms with van der Waals surface area (Å²) in [7, 11) is 0. The second-order valence-electron chi connectivity index (χ2n) is 9.88. The first-order valence-corrected chi connectivity index (χ1v) is 13.4. The molecule has 0 unspecified atom stereocenters. The summed E-state index contributed by atoms with van der Waals surface area (Å²) >= 11 is 1.60. The van der Waals surface area contributed by atoms with Gasteiger partial charge in [0.25, 0.3) is 11.8 Å². The van der Waals surface area contributed by atoms with Crippen LogP contribution >= 0.6 is 11.3 Å². The minimum Gasteiger partial charge on any atom is -0.336 e. The molecule has 2 aliphatic rings. The third-order valence-corrected chi connectivity index (χ3v) is 8.42. The summed E-state index contributed by atoms with van der Waals surface area (Å²) < 4.78 is 0. The lowest BCUT2D eigenvalue weighted by Crippen LogP contribution is -2.48. The highest BCUT2D eigenvalue weighted by atomic mass is 32.1. The predicted molar refractivity (Wildman–Crippen MR) is 142 cm³/mol. The largest absolute Gasteiger partial charge is 0.336 e. The van der Waals surface area contributed by atoms with Gasteiger partial charge in [-0.2, -0.15) is 0 Å². The molecule has 5 rings (SSSR count). The number of nitrogens with one attached hydrogen (secondary N) is 1. The summed E-state index contributed by atoms with van der Waals surface area (Å²) in [5.41, 5.74) is 4.78. The fraction of sp³-hybridized carbons (Fsp3) is 0.379. The van der Waals surface area contributed by atoms with Gasteiger partial charge in [-0.3, -0.25) is 14.5 Å². The number of amides is 2. The molecule has 1 N–H and O–H groups in total. The number of carbonyl (C=O) groups excluding carboxylic acids is 2. The van der Waals surface area contributed by atoms with Crippen molar-refractivity contribution in [2.24, 2.45) is 5.92 Å². The minimum absolute atomic E-state index is 0.0662. The maximum Gasteiger partial charge on any atom is 0.257 e. The number of anilines is 1. The molecular weight excluding hydrogens is 454 g/mol. The highest BCUT2D eigenvalue weighted by Crippen LogP contribution is 2.40. The summed E-state index contributed by atoms with van der Waals surface area (Å²) in [5, 5.41) is 3.84. The van der Waals surface area contributed by atoms with Gasteiger partial charge in [0.05, 0.1) is 5.56 Å². The summed E-state index contributed by atoms with van der Waals surface area (Å²) in [6, 6.07) is 18.1. The van der Waals surface area contributed by atoms with Crippen molar-refractivity contribution in [1.82, 2.24) is 9.80 Å². The van der Waals surface area contributed by atoms with Crippen molar-refractivity contribution in [2.45, 2.75) is 39.7 Å². The van der Waals surface area contributed by atoms with Gasteiger partial charge in [0, 0.05) is 43.2 Å². The molecule has 0 bridgehead atoms. The van der Waals surface area contributed by atoms with E-state index in [-0.39, 0.29) is 11.8 Å². The van der Waals surface area contributed by atoms with E-state index in [0.29, 0.717) is 29.6 Å². The average molecular weight is 488 g/mol. The second-order valence-corrected chi connectivity index (χ2v) is 11.0. The van der Waals surface area contributed by atoms with Crippen LogP contribution < -0.4 is 5.32 Å². The van der Waals surface area contributed by atoms with Crippen LogP contribution in [0.25, 0.3) is 0 Å². The van der Waals surface area contributed by atoms with Crippen molar-refractivity contribution in [3.63, 3.8) is 0 Å². The van der Waals surface area contributed by atoms with Crippen LogP contribution in [0.4, 0.5) is 5.00 Å². The Balaban J connectivity index is 1.35. The van der Waals surface area contributed by atoms with Gasteiger partial charge < -0.3 is 10.2 Å². The number of hydrogen-bond donors (Lipinski definition) is 1. The van der Waals surface area contributed by atoms with Crippen LogP contribution in [-0.2, 0) is 19.4 Å². The Bertz CT molecular complexity index is 1210. The van der Waals surface area contributed by atoms with E-state index in [1.807, 2.05) is 42.2 Å². The van der Waals surface area contributed by atoms with Gasteiger partial charge in [-0.25, -0.2) is 0 Å². The van der Waals surface area contributed by atoms with E-state index in [1.54, 1.807) is 11.3 Å². The zero-order valence-corrected chi connectivity index (χ0v) is 21.4. The molecule has 1 aromatic heterocycles. The lowest BCUT2D eigenvalue weighted by Gasteiger charge is -2.35. The molecule has 1 fully saturated rings. The van der Waals surface area contributed by atoms with Crippen molar-refractivity contribution in [3.8, 4) is 0 Å². The molecule has 1 saturated heterocycles. The van der Waals surface area contributed by atoms with E-state index in [9.17, 15) is 9.59 Å². The molecule has 182 valence electrons. The van der Waals surface area contributed by atoms with E-state index < -0.39 is 0 Å². The number of rotatable bonds is 5. The summed E-state index contributed by atoms with van der Waals surface area (Å²) in [4.78, 5) is 32.6. The number of thiophene rings is 1. The molecule has 0 radical (unpaired) electrons. The smallest absolute Gasteiger partial charge is 0.257 e. The van der Waals surface area contributed by atoms with E-state index >= 15 is 0 Å². The number of piperazine rings is 1. The molecule has 35 heavy (non-hydrogen) atoms. The monoisotopic (exact) mass is 487 g/mol. The van der Waals surface area contributed by atoms with Crippen molar-refractivity contribution >= 4 is 28.2 Å². The third-order valence-electron chi connectivity index (χ3n) is 7.25. The maximum atomic E-state index is 13.8. The Hall–Kier alpha value is -2.96. The van der Waals surface area contributed by atoms with Crippen molar-refractivity contribution in [3.05, 3.63) is 87.3 Å². The SMILES string of the molecule is Cc1ccccc1C(=O)Nc1sc2c(c1C(=O)N1CCN(Cc3ccccc3)CC1)CC[C@H](C)C2. The van der Waals surface area contributed by atoms with Crippen LogP contribution in [-0.4, -0.2) is 47.8 Å². The standard InChI is InChI=1S/C29H33N3O2S/c1-20-12-13-24-25(18-20)35-28(30-27(33)23-11-7-6-8-21(23)2)26(24)29(34)32-16-14-31(15-17-32)19-22-9-4-3-5-10-22/h3-11,20H,12-19H2,1-2H3,(H,30,33)/t20-/m0/s1. The van der Waals surface area contributed by atoms with Crippen LogP contribution in [0.5, 0.6) is 0 Å². The van der Waals surface area contributed by atoms with Gasteiger partial charge in [0.1, 0.15) is 5.00 Å². The first-order valence-electron chi connectivity index (χ1n) is 12.6. The fourth-order valence-corrected chi connectivity index (χ4v) is 6.57. The van der Waals surface area contributed by atoms with Crippen LogP contribution in [0.3, 0.4) is 0 Å².